The van der Waals surface area contributed by atoms with Gasteiger partial charge in [0.05, 0.1) is 18.5 Å². The van der Waals surface area contributed by atoms with Gasteiger partial charge in [-0.25, -0.2) is 0 Å². The van der Waals surface area contributed by atoms with E-state index in [9.17, 15) is 9.59 Å². The summed E-state index contributed by atoms with van der Waals surface area (Å²) in [5.41, 5.74) is 0.777. The van der Waals surface area contributed by atoms with Crippen molar-refractivity contribution < 1.29 is 14.3 Å². The average molecular weight is 451 g/mol. The summed E-state index contributed by atoms with van der Waals surface area (Å²) in [6.07, 6.45) is 4.20. The lowest BCUT2D eigenvalue weighted by molar-refractivity contribution is -0.127. The van der Waals surface area contributed by atoms with Gasteiger partial charge in [-0.05, 0) is 61.5 Å². The van der Waals surface area contributed by atoms with Crippen LogP contribution in [0.15, 0.2) is 47.8 Å². The zero-order valence-electron chi connectivity index (χ0n) is 18.2. The molecule has 1 aliphatic heterocycles. The summed E-state index contributed by atoms with van der Waals surface area (Å²) in [5, 5.41) is 9.87. The number of benzene rings is 1. The predicted octanol–water partition coefficient (Wildman–Crippen LogP) is 4.10. The van der Waals surface area contributed by atoms with E-state index < -0.39 is 5.54 Å². The first-order valence-electron chi connectivity index (χ1n) is 10.9. The number of carbonyl (C=O) groups is 2. The van der Waals surface area contributed by atoms with Crippen molar-refractivity contribution in [2.45, 2.75) is 50.7 Å². The van der Waals surface area contributed by atoms with Crippen LogP contribution in [-0.4, -0.2) is 40.3 Å². The Morgan fingerprint density at radius 1 is 1.22 bits per heavy atom. The van der Waals surface area contributed by atoms with Crippen LogP contribution in [0, 0.1) is 0 Å². The van der Waals surface area contributed by atoms with Crippen molar-refractivity contribution in [3.63, 3.8) is 0 Å². The van der Waals surface area contributed by atoms with Crippen molar-refractivity contribution in [1.82, 2.24) is 15.1 Å². The van der Waals surface area contributed by atoms with Crippen molar-refractivity contribution in [2.24, 2.45) is 0 Å². The summed E-state index contributed by atoms with van der Waals surface area (Å²) in [7, 11) is 1.60. The second kappa shape index (κ2) is 8.09. The zero-order valence-corrected chi connectivity index (χ0v) is 19.0. The molecule has 166 valence electrons. The molecule has 2 aliphatic rings. The molecule has 1 unspecified atom stereocenters. The van der Waals surface area contributed by atoms with Crippen molar-refractivity contribution in [3.8, 4) is 16.3 Å². The molecule has 0 spiro atoms. The van der Waals surface area contributed by atoms with Crippen LogP contribution in [0.1, 0.15) is 43.1 Å². The normalized spacial score (nSPS) is 20.9. The van der Waals surface area contributed by atoms with E-state index in [1.807, 2.05) is 42.6 Å². The van der Waals surface area contributed by atoms with Gasteiger partial charge in [-0.3, -0.25) is 19.2 Å². The molecule has 1 saturated carbocycles. The number of hydrogen-bond acceptors (Lipinski definition) is 5. The van der Waals surface area contributed by atoms with Crippen LogP contribution in [-0.2, 0) is 11.3 Å². The van der Waals surface area contributed by atoms with Crippen LogP contribution < -0.4 is 15.0 Å². The van der Waals surface area contributed by atoms with Crippen LogP contribution >= 0.6 is 11.3 Å². The van der Waals surface area contributed by atoms with Gasteiger partial charge in [-0.2, -0.15) is 5.10 Å². The van der Waals surface area contributed by atoms with Gasteiger partial charge >= 0.3 is 0 Å². The van der Waals surface area contributed by atoms with E-state index in [0.717, 1.165) is 36.3 Å². The predicted molar refractivity (Wildman–Crippen MR) is 124 cm³/mol. The summed E-state index contributed by atoms with van der Waals surface area (Å²) >= 11 is 1.58. The molecule has 7 nitrogen and oxygen atoms in total. The molecule has 3 heterocycles. The minimum absolute atomic E-state index is 0.146. The highest BCUT2D eigenvalue weighted by molar-refractivity contribution is 7.13. The molecule has 2 amide bonds. The maximum absolute atomic E-state index is 13.8. The summed E-state index contributed by atoms with van der Waals surface area (Å²) in [6, 6.07) is 13.2. The molecular formula is C24H26N4O3S. The molecule has 2 aromatic heterocycles. The minimum atomic E-state index is -1.11. The number of carbonyl (C=O) groups excluding carboxylic acids is 2. The van der Waals surface area contributed by atoms with Crippen LogP contribution in [0.4, 0.5) is 5.69 Å². The topological polar surface area (TPSA) is 76.5 Å². The van der Waals surface area contributed by atoms with Gasteiger partial charge in [0, 0.05) is 11.7 Å². The molecule has 0 bridgehead atoms. The van der Waals surface area contributed by atoms with Crippen molar-refractivity contribution in [3.05, 3.63) is 53.5 Å². The number of nitrogens with one attached hydrogen (secondary N) is 1. The Bertz CT molecular complexity index is 1130. The molecule has 1 N–H and O–H groups in total. The molecule has 1 atom stereocenters. The van der Waals surface area contributed by atoms with E-state index in [0.29, 0.717) is 17.1 Å². The number of ether oxygens (including phenoxy) is 1. The lowest BCUT2D eigenvalue weighted by atomic mass is 9.93. The quantitative estimate of drug-likeness (QED) is 0.635. The zero-order chi connectivity index (χ0) is 22.3. The van der Waals surface area contributed by atoms with Gasteiger partial charge in [0.1, 0.15) is 22.7 Å². The van der Waals surface area contributed by atoms with Crippen LogP contribution in [0.2, 0.25) is 0 Å². The van der Waals surface area contributed by atoms with Gasteiger partial charge < -0.3 is 10.1 Å². The molecule has 1 fully saturated rings. The highest BCUT2D eigenvalue weighted by atomic mass is 32.1. The summed E-state index contributed by atoms with van der Waals surface area (Å²) in [4.78, 5) is 30.0. The van der Waals surface area contributed by atoms with E-state index in [2.05, 4.69) is 10.4 Å². The number of fused-ring (bicyclic) bond motifs is 1. The maximum Gasteiger partial charge on any atom is 0.277 e. The smallest absolute Gasteiger partial charge is 0.277 e. The monoisotopic (exact) mass is 450 g/mol. The number of rotatable bonds is 5. The Morgan fingerprint density at radius 3 is 2.62 bits per heavy atom. The third-order valence-corrected chi connectivity index (χ3v) is 7.33. The van der Waals surface area contributed by atoms with E-state index in [1.165, 1.54) is 0 Å². The Labute approximate surface area is 191 Å². The number of amides is 2. The number of aromatic nitrogens is 2. The first kappa shape index (κ1) is 20.8. The number of hydrogen-bond donors (Lipinski definition) is 1. The molecule has 0 saturated heterocycles. The maximum atomic E-state index is 13.8. The largest absolute Gasteiger partial charge is 0.497 e. The number of methoxy groups -OCH3 is 1. The highest BCUT2D eigenvalue weighted by Gasteiger charge is 2.49. The first-order valence-corrected chi connectivity index (χ1v) is 11.8. The average Bonchev–Trinajstić information content (AvgIpc) is 3.55. The highest BCUT2D eigenvalue weighted by Crippen LogP contribution is 2.36. The number of thiophene rings is 1. The fourth-order valence-corrected chi connectivity index (χ4v) is 5.35. The first-order chi connectivity index (χ1) is 15.5. The molecule has 0 radical (unpaired) electrons. The fourth-order valence-electron chi connectivity index (χ4n) is 4.67. The molecule has 8 heteroatoms. The van der Waals surface area contributed by atoms with Gasteiger partial charge in [0.25, 0.3) is 5.91 Å². The van der Waals surface area contributed by atoms with Crippen LogP contribution in [0.5, 0.6) is 5.75 Å². The van der Waals surface area contributed by atoms with Crippen molar-refractivity contribution >= 4 is 28.8 Å². The third-order valence-electron chi connectivity index (χ3n) is 6.44. The molecule has 3 aromatic rings. The third kappa shape index (κ3) is 3.48. The van der Waals surface area contributed by atoms with Crippen molar-refractivity contribution in [1.29, 1.82) is 0 Å². The van der Waals surface area contributed by atoms with E-state index >= 15 is 0 Å². The van der Waals surface area contributed by atoms with Gasteiger partial charge in [0.15, 0.2) is 0 Å². The number of anilines is 1. The molecule has 32 heavy (non-hydrogen) atoms. The summed E-state index contributed by atoms with van der Waals surface area (Å²) in [6.45, 7) is 2.11. The Kier molecular flexibility index (Phi) is 5.25. The minimum Gasteiger partial charge on any atom is -0.497 e. The van der Waals surface area contributed by atoms with E-state index in [1.54, 1.807) is 40.2 Å². The SMILES string of the molecule is COc1ccc(N2C(=O)c3cc(-c4cccs4)nn3CC2(C)C(=O)NC2CCCC2)cc1. The second-order valence-electron chi connectivity index (χ2n) is 8.62. The number of nitrogens with zero attached hydrogens (tertiary/aromatic N) is 3. The van der Waals surface area contributed by atoms with Crippen LogP contribution in [0.25, 0.3) is 10.6 Å². The van der Waals surface area contributed by atoms with Gasteiger partial charge in [-0.1, -0.05) is 18.9 Å². The van der Waals surface area contributed by atoms with Crippen molar-refractivity contribution in [2.75, 3.05) is 12.0 Å². The fraction of sp³-hybridized carbons (Fsp3) is 0.375. The van der Waals surface area contributed by atoms with E-state index in [4.69, 9.17) is 4.74 Å². The molecule has 5 rings (SSSR count). The molecular weight excluding hydrogens is 424 g/mol. The van der Waals surface area contributed by atoms with Crippen LogP contribution in [0.3, 0.4) is 0 Å². The standard InChI is InChI=1S/C24H26N4O3S/c1-24(23(30)25-16-6-3-4-7-16)15-27-20(14-19(26-27)21-8-5-13-32-21)22(29)28(24)17-9-11-18(31-2)12-10-17/h5,8-14,16H,3-4,6-7,15H2,1-2H3,(H,25,30). The Balaban J connectivity index is 1.57. The second-order valence-corrected chi connectivity index (χ2v) is 9.56. The Morgan fingerprint density at radius 2 is 1.97 bits per heavy atom. The lowest BCUT2D eigenvalue weighted by Gasteiger charge is -2.43. The van der Waals surface area contributed by atoms with Gasteiger partial charge in [-0.15, -0.1) is 11.3 Å². The van der Waals surface area contributed by atoms with E-state index in [-0.39, 0.29) is 24.4 Å². The summed E-state index contributed by atoms with van der Waals surface area (Å²) in [5.74, 6) is 0.313. The Hall–Kier alpha value is -3.13. The molecule has 1 aliphatic carbocycles. The summed E-state index contributed by atoms with van der Waals surface area (Å²) < 4.78 is 6.96. The molecule has 1 aromatic carbocycles. The lowest BCUT2D eigenvalue weighted by Crippen LogP contribution is -2.65. The van der Waals surface area contributed by atoms with Gasteiger partial charge in [0.2, 0.25) is 5.91 Å².